The summed E-state index contributed by atoms with van der Waals surface area (Å²) in [7, 11) is 0. The van der Waals surface area contributed by atoms with Crippen LogP contribution in [0.1, 0.15) is 5.56 Å². The van der Waals surface area contributed by atoms with Crippen LogP contribution in [0.25, 0.3) is 11.2 Å². The molecule has 3 nitrogen and oxygen atoms in total. The van der Waals surface area contributed by atoms with Crippen LogP contribution in [0.3, 0.4) is 0 Å². The minimum absolute atomic E-state index is 0.804. The van der Waals surface area contributed by atoms with Crippen molar-refractivity contribution in [2.24, 2.45) is 0 Å². The van der Waals surface area contributed by atoms with Gasteiger partial charge in [-0.25, -0.2) is 9.97 Å². The van der Waals surface area contributed by atoms with E-state index < -0.39 is 0 Å². The third kappa shape index (κ3) is 2.04. The van der Waals surface area contributed by atoms with Crippen molar-refractivity contribution in [2.75, 3.05) is 0 Å². The van der Waals surface area contributed by atoms with E-state index in [9.17, 15) is 0 Å². The number of benzene rings is 1. The van der Waals surface area contributed by atoms with E-state index in [-0.39, 0.29) is 0 Å². The molecule has 0 aliphatic heterocycles. The molecule has 1 aromatic carbocycles. The van der Waals surface area contributed by atoms with Crippen molar-refractivity contribution >= 4 is 33.8 Å². The van der Waals surface area contributed by atoms with Crippen molar-refractivity contribution < 1.29 is 0 Å². The van der Waals surface area contributed by atoms with Gasteiger partial charge in [0, 0.05) is 9.77 Å². The molecule has 3 aromatic rings. The van der Waals surface area contributed by atoms with Gasteiger partial charge in [-0.3, -0.25) is 0 Å². The van der Waals surface area contributed by atoms with Gasteiger partial charge in [0.1, 0.15) is 0 Å². The van der Waals surface area contributed by atoms with Crippen molar-refractivity contribution in [3.8, 4) is 0 Å². The maximum absolute atomic E-state index is 4.29. The Morgan fingerprint density at radius 2 is 1.94 bits per heavy atom. The molecule has 0 aliphatic carbocycles. The van der Waals surface area contributed by atoms with Crippen LogP contribution >= 0.6 is 22.6 Å². The molecule has 0 spiro atoms. The minimum Gasteiger partial charge on any atom is -0.325 e. The standard InChI is InChI=1S/C13H10IN3/c14-11-5-2-1-4-10(11)8-17-9-16-13-12(17)6-3-7-15-13/h1-7,9H,8H2. The van der Waals surface area contributed by atoms with E-state index in [2.05, 4.69) is 61.4 Å². The van der Waals surface area contributed by atoms with Crippen LogP contribution in [-0.2, 0) is 6.54 Å². The molecule has 0 radical (unpaired) electrons. The summed E-state index contributed by atoms with van der Waals surface area (Å²) >= 11 is 2.36. The Labute approximate surface area is 113 Å². The average Bonchev–Trinajstić information content (AvgIpc) is 2.76. The van der Waals surface area contributed by atoms with Crippen molar-refractivity contribution in [3.63, 3.8) is 0 Å². The van der Waals surface area contributed by atoms with Crippen molar-refractivity contribution in [1.29, 1.82) is 0 Å². The fourth-order valence-corrected chi connectivity index (χ4v) is 2.39. The van der Waals surface area contributed by atoms with E-state index in [1.54, 1.807) is 6.20 Å². The smallest absolute Gasteiger partial charge is 0.177 e. The molecule has 2 heterocycles. The predicted octanol–water partition coefficient (Wildman–Crippen LogP) is 3.08. The van der Waals surface area contributed by atoms with E-state index in [1.807, 2.05) is 18.5 Å². The van der Waals surface area contributed by atoms with Crippen LogP contribution in [0.5, 0.6) is 0 Å². The molecule has 4 heteroatoms. The second-order valence-corrected chi connectivity index (χ2v) is 4.97. The highest BCUT2D eigenvalue weighted by molar-refractivity contribution is 14.1. The van der Waals surface area contributed by atoms with Crippen LogP contribution in [-0.4, -0.2) is 14.5 Å². The Morgan fingerprint density at radius 3 is 2.82 bits per heavy atom. The number of fused-ring (bicyclic) bond motifs is 1. The number of hydrogen-bond donors (Lipinski definition) is 0. The maximum atomic E-state index is 4.29. The molecular formula is C13H10IN3. The Kier molecular flexibility index (Phi) is 2.80. The van der Waals surface area contributed by atoms with Crippen LogP contribution in [0.4, 0.5) is 0 Å². The van der Waals surface area contributed by atoms with Gasteiger partial charge in [-0.1, -0.05) is 18.2 Å². The zero-order valence-corrected chi connectivity index (χ0v) is 11.2. The summed E-state index contributed by atoms with van der Waals surface area (Å²) in [5, 5.41) is 0. The molecule has 0 atom stereocenters. The molecule has 0 bridgehead atoms. The van der Waals surface area contributed by atoms with Gasteiger partial charge >= 0.3 is 0 Å². The van der Waals surface area contributed by atoms with E-state index >= 15 is 0 Å². The zero-order chi connectivity index (χ0) is 11.7. The van der Waals surface area contributed by atoms with E-state index in [4.69, 9.17) is 0 Å². The number of pyridine rings is 1. The van der Waals surface area contributed by atoms with Crippen LogP contribution in [0, 0.1) is 3.57 Å². The first-order valence-electron chi connectivity index (χ1n) is 5.34. The third-order valence-electron chi connectivity index (χ3n) is 2.69. The first-order chi connectivity index (χ1) is 8.34. The van der Waals surface area contributed by atoms with Gasteiger partial charge < -0.3 is 4.57 Å². The van der Waals surface area contributed by atoms with Gasteiger partial charge in [-0.2, -0.15) is 0 Å². The van der Waals surface area contributed by atoms with Crippen LogP contribution in [0.15, 0.2) is 48.9 Å². The summed E-state index contributed by atoms with van der Waals surface area (Å²) in [5.41, 5.74) is 3.18. The lowest BCUT2D eigenvalue weighted by Gasteiger charge is -2.06. The van der Waals surface area contributed by atoms with Crippen molar-refractivity contribution in [2.45, 2.75) is 6.54 Å². The first-order valence-corrected chi connectivity index (χ1v) is 6.42. The molecule has 17 heavy (non-hydrogen) atoms. The highest BCUT2D eigenvalue weighted by atomic mass is 127. The van der Waals surface area contributed by atoms with E-state index in [1.165, 1.54) is 9.13 Å². The molecule has 3 rings (SSSR count). The molecule has 0 fully saturated rings. The molecule has 0 unspecified atom stereocenters. The Bertz CT molecular complexity index is 660. The monoisotopic (exact) mass is 335 g/mol. The first kappa shape index (κ1) is 10.7. The lowest BCUT2D eigenvalue weighted by atomic mass is 10.2. The Balaban J connectivity index is 2.03. The lowest BCUT2D eigenvalue weighted by molar-refractivity contribution is 0.820. The van der Waals surface area contributed by atoms with Crippen LogP contribution in [0.2, 0.25) is 0 Å². The number of aromatic nitrogens is 3. The minimum atomic E-state index is 0.804. The molecule has 0 amide bonds. The molecule has 2 aromatic heterocycles. The summed E-state index contributed by atoms with van der Waals surface area (Å²) in [6.07, 6.45) is 3.62. The second kappa shape index (κ2) is 4.44. The molecule has 0 aliphatic rings. The molecular weight excluding hydrogens is 325 g/mol. The summed E-state index contributed by atoms with van der Waals surface area (Å²) < 4.78 is 3.40. The summed E-state index contributed by atoms with van der Waals surface area (Å²) in [4.78, 5) is 8.53. The van der Waals surface area contributed by atoms with Gasteiger partial charge in [-0.15, -0.1) is 0 Å². The third-order valence-corrected chi connectivity index (χ3v) is 3.75. The highest BCUT2D eigenvalue weighted by Gasteiger charge is 2.04. The summed E-state index contributed by atoms with van der Waals surface area (Å²) in [6, 6.07) is 12.4. The fourth-order valence-electron chi connectivity index (χ4n) is 1.83. The summed E-state index contributed by atoms with van der Waals surface area (Å²) in [5.74, 6) is 0. The zero-order valence-electron chi connectivity index (χ0n) is 9.05. The Hall–Kier alpha value is -1.43. The number of imidazole rings is 1. The van der Waals surface area contributed by atoms with Gasteiger partial charge in [0.05, 0.1) is 18.4 Å². The largest absolute Gasteiger partial charge is 0.325 e. The van der Waals surface area contributed by atoms with Crippen LogP contribution < -0.4 is 0 Å². The van der Waals surface area contributed by atoms with Crippen molar-refractivity contribution in [1.82, 2.24) is 14.5 Å². The van der Waals surface area contributed by atoms with E-state index in [0.29, 0.717) is 0 Å². The topological polar surface area (TPSA) is 30.7 Å². The Morgan fingerprint density at radius 1 is 1.06 bits per heavy atom. The molecule has 0 saturated carbocycles. The van der Waals surface area contributed by atoms with Gasteiger partial charge in [0.25, 0.3) is 0 Å². The fraction of sp³-hybridized carbons (Fsp3) is 0.0769. The normalized spacial score (nSPS) is 10.9. The van der Waals surface area contributed by atoms with Gasteiger partial charge in [0.15, 0.2) is 5.65 Å². The molecule has 84 valence electrons. The lowest BCUT2D eigenvalue weighted by Crippen LogP contribution is -1.99. The van der Waals surface area contributed by atoms with Gasteiger partial charge in [0.2, 0.25) is 0 Å². The average molecular weight is 335 g/mol. The quantitative estimate of drug-likeness (QED) is 0.674. The number of rotatable bonds is 2. The van der Waals surface area contributed by atoms with E-state index in [0.717, 1.165) is 17.7 Å². The molecule has 0 saturated heterocycles. The highest BCUT2D eigenvalue weighted by Crippen LogP contribution is 2.16. The number of nitrogens with zero attached hydrogens (tertiary/aromatic N) is 3. The number of hydrogen-bond acceptors (Lipinski definition) is 2. The van der Waals surface area contributed by atoms with Crippen molar-refractivity contribution in [3.05, 3.63) is 58.1 Å². The van der Waals surface area contributed by atoms with Gasteiger partial charge in [-0.05, 0) is 46.4 Å². The second-order valence-electron chi connectivity index (χ2n) is 3.81. The SMILES string of the molecule is Ic1ccccc1Cn1cnc2ncccc21. The number of halogens is 1. The predicted molar refractivity (Wildman–Crippen MR) is 75.8 cm³/mol. The molecule has 0 N–H and O–H groups in total. The summed E-state index contributed by atoms with van der Waals surface area (Å²) in [6.45, 7) is 0.835. The maximum Gasteiger partial charge on any atom is 0.177 e.